The lowest BCUT2D eigenvalue weighted by Crippen LogP contribution is -2.36. The van der Waals surface area contributed by atoms with Crippen molar-refractivity contribution in [2.75, 3.05) is 19.0 Å². The van der Waals surface area contributed by atoms with Gasteiger partial charge >= 0.3 is 0 Å². The maximum absolute atomic E-state index is 13.8. The Labute approximate surface area is 169 Å². The van der Waals surface area contributed by atoms with Crippen LogP contribution in [-0.4, -0.2) is 35.6 Å². The highest BCUT2D eigenvalue weighted by Gasteiger charge is 2.36. The molecule has 2 aromatic rings. The molecule has 9 heteroatoms. The first-order valence-corrected chi connectivity index (χ1v) is 9.22. The van der Waals surface area contributed by atoms with Crippen molar-refractivity contribution in [3.63, 3.8) is 0 Å². The van der Waals surface area contributed by atoms with E-state index in [9.17, 15) is 18.8 Å². The molecular formula is C19H14ClFN2O4S. The Morgan fingerprint density at radius 1 is 1.29 bits per heavy atom. The van der Waals surface area contributed by atoms with Gasteiger partial charge in [-0.2, -0.15) is 0 Å². The van der Waals surface area contributed by atoms with Crippen molar-refractivity contribution >= 4 is 52.2 Å². The molecule has 3 amide bonds. The monoisotopic (exact) mass is 420 g/mol. The van der Waals surface area contributed by atoms with E-state index in [0.717, 1.165) is 4.90 Å². The Kier molecular flexibility index (Phi) is 6.01. The van der Waals surface area contributed by atoms with Crippen LogP contribution in [-0.2, 0) is 9.59 Å². The van der Waals surface area contributed by atoms with Crippen molar-refractivity contribution < 1.29 is 23.5 Å². The highest BCUT2D eigenvalue weighted by atomic mass is 35.5. The molecule has 0 unspecified atom stereocenters. The van der Waals surface area contributed by atoms with Crippen LogP contribution in [0.15, 0.2) is 47.4 Å². The van der Waals surface area contributed by atoms with Gasteiger partial charge in [0.15, 0.2) is 0 Å². The first kappa shape index (κ1) is 19.9. The van der Waals surface area contributed by atoms with Gasteiger partial charge in [-0.05, 0) is 42.1 Å². The summed E-state index contributed by atoms with van der Waals surface area (Å²) >= 11 is 6.66. The molecule has 0 spiro atoms. The highest BCUT2D eigenvalue weighted by Crippen LogP contribution is 2.32. The Morgan fingerprint density at radius 2 is 2.04 bits per heavy atom. The number of carbonyl (C=O) groups excluding carboxylic acids is 3. The maximum atomic E-state index is 13.8. The van der Waals surface area contributed by atoms with E-state index in [0.29, 0.717) is 28.2 Å². The number of hydrogen-bond acceptors (Lipinski definition) is 5. The zero-order chi connectivity index (χ0) is 20.3. The lowest BCUT2D eigenvalue weighted by atomic mass is 10.2. The van der Waals surface area contributed by atoms with Crippen LogP contribution in [0.1, 0.15) is 5.56 Å². The third-order valence-electron chi connectivity index (χ3n) is 3.80. The lowest BCUT2D eigenvalue weighted by molar-refractivity contribution is -0.127. The second kappa shape index (κ2) is 8.45. The number of rotatable bonds is 5. The second-order valence-electron chi connectivity index (χ2n) is 5.69. The third-order valence-corrected chi connectivity index (χ3v) is 5.01. The zero-order valence-electron chi connectivity index (χ0n) is 14.6. The van der Waals surface area contributed by atoms with E-state index in [4.69, 9.17) is 16.3 Å². The highest BCUT2D eigenvalue weighted by molar-refractivity contribution is 8.18. The Balaban J connectivity index is 1.69. The van der Waals surface area contributed by atoms with Crippen LogP contribution in [0.3, 0.4) is 0 Å². The maximum Gasteiger partial charge on any atom is 0.294 e. The number of imide groups is 1. The number of nitrogens with one attached hydrogen (secondary N) is 1. The van der Waals surface area contributed by atoms with E-state index in [2.05, 4.69) is 5.32 Å². The van der Waals surface area contributed by atoms with Crippen LogP contribution in [0, 0.1) is 5.82 Å². The van der Waals surface area contributed by atoms with Crippen molar-refractivity contribution in [3.05, 3.63) is 63.8 Å². The van der Waals surface area contributed by atoms with Gasteiger partial charge in [-0.1, -0.05) is 29.8 Å². The summed E-state index contributed by atoms with van der Waals surface area (Å²) in [4.78, 5) is 37.6. The largest absolute Gasteiger partial charge is 0.495 e. The number of methoxy groups -OCH3 is 1. The number of thioether (sulfide) groups is 1. The van der Waals surface area contributed by atoms with E-state index in [1.165, 1.54) is 37.5 Å². The molecule has 2 aromatic carbocycles. The fourth-order valence-corrected chi connectivity index (χ4v) is 3.54. The van der Waals surface area contributed by atoms with Gasteiger partial charge in [-0.3, -0.25) is 19.3 Å². The van der Waals surface area contributed by atoms with Gasteiger partial charge in [0.05, 0.1) is 17.0 Å². The van der Waals surface area contributed by atoms with Gasteiger partial charge < -0.3 is 10.1 Å². The molecule has 0 atom stereocenters. The van der Waals surface area contributed by atoms with Gasteiger partial charge in [0.1, 0.15) is 18.1 Å². The molecular weight excluding hydrogens is 407 g/mol. The lowest BCUT2D eigenvalue weighted by Gasteiger charge is -2.13. The predicted molar refractivity (Wildman–Crippen MR) is 106 cm³/mol. The van der Waals surface area contributed by atoms with Crippen molar-refractivity contribution in [2.45, 2.75) is 0 Å². The van der Waals surface area contributed by atoms with E-state index < -0.39 is 29.4 Å². The van der Waals surface area contributed by atoms with E-state index in [1.54, 1.807) is 18.2 Å². The first-order valence-electron chi connectivity index (χ1n) is 8.02. The summed E-state index contributed by atoms with van der Waals surface area (Å²) in [6, 6.07) is 10.5. The summed E-state index contributed by atoms with van der Waals surface area (Å²) in [6.07, 6.45) is 1.29. The molecule has 1 aliphatic rings. The normalized spacial score (nSPS) is 15.2. The minimum atomic E-state index is -0.652. The van der Waals surface area contributed by atoms with E-state index in [1.807, 2.05) is 0 Å². The molecule has 144 valence electrons. The van der Waals surface area contributed by atoms with E-state index >= 15 is 0 Å². The molecule has 0 saturated carbocycles. The Morgan fingerprint density at radius 3 is 2.71 bits per heavy atom. The van der Waals surface area contributed by atoms with Crippen LogP contribution >= 0.6 is 23.4 Å². The second-order valence-corrected chi connectivity index (χ2v) is 7.09. The minimum Gasteiger partial charge on any atom is -0.495 e. The summed E-state index contributed by atoms with van der Waals surface area (Å²) < 4.78 is 18.8. The van der Waals surface area contributed by atoms with Gasteiger partial charge in [0.2, 0.25) is 5.91 Å². The number of benzene rings is 2. The van der Waals surface area contributed by atoms with Crippen LogP contribution in [0.2, 0.25) is 5.02 Å². The third kappa shape index (κ3) is 4.35. The molecule has 1 fully saturated rings. The molecule has 0 aromatic heterocycles. The fourth-order valence-electron chi connectivity index (χ4n) is 2.46. The molecule has 1 aliphatic heterocycles. The molecule has 0 radical (unpaired) electrons. The molecule has 1 saturated heterocycles. The Hall–Kier alpha value is -2.84. The molecule has 1 heterocycles. The summed E-state index contributed by atoms with van der Waals surface area (Å²) in [7, 11) is 1.47. The summed E-state index contributed by atoms with van der Waals surface area (Å²) in [5, 5.41) is 2.27. The zero-order valence-corrected chi connectivity index (χ0v) is 16.1. The number of carbonyl (C=O) groups is 3. The average molecular weight is 421 g/mol. The summed E-state index contributed by atoms with van der Waals surface area (Å²) in [5.41, 5.74) is 0.579. The van der Waals surface area contributed by atoms with Crippen molar-refractivity contribution in [3.8, 4) is 5.75 Å². The number of hydrogen-bond donors (Lipinski definition) is 1. The van der Waals surface area contributed by atoms with Gasteiger partial charge in [-0.25, -0.2) is 4.39 Å². The van der Waals surface area contributed by atoms with Crippen molar-refractivity contribution in [1.82, 2.24) is 4.90 Å². The minimum absolute atomic E-state index is 0.0513. The molecule has 0 aliphatic carbocycles. The first-order chi connectivity index (χ1) is 13.4. The quantitative estimate of drug-likeness (QED) is 0.735. The van der Waals surface area contributed by atoms with Crippen molar-refractivity contribution in [2.24, 2.45) is 0 Å². The molecule has 3 rings (SSSR count). The number of anilines is 1. The topological polar surface area (TPSA) is 75.7 Å². The fraction of sp³-hybridized carbons (Fsp3) is 0.105. The number of amides is 3. The smallest absolute Gasteiger partial charge is 0.294 e. The van der Waals surface area contributed by atoms with Crippen LogP contribution in [0.4, 0.5) is 14.9 Å². The number of halogens is 2. The number of ether oxygens (including phenoxy) is 1. The molecule has 0 bridgehead atoms. The van der Waals surface area contributed by atoms with Gasteiger partial charge in [0, 0.05) is 11.3 Å². The van der Waals surface area contributed by atoms with Gasteiger partial charge in [0.25, 0.3) is 11.1 Å². The average Bonchev–Trinajstić information content (AvgIpc) is 2.91. The number of nitrogens with zero attached hydrogens (tertiary/aromatic N) is 1. The molecule has 1 N–H and O–H groups in total. The Bertz CT molecular complexity index is 996. The van der Waals surface area contributed by atoms with Crippen LogP contribution in [0.25, 0.3) is 6.08 Å². The van der Waals surface area contributed by atoms with E-state index in [-0.39, 0.29) is 10.5 Å². The van der Waals surface area contributed by atoms with Crippen molar-refractivity contribution in [1.29, 1.82) is 0 Å². The van der Waals surface area contributed by atoms with Crippen LogP contribution < -0.4 is 10.1 Å². The predicted octanol–water partition coefficient (Wildman–Crippen LogP) is 4.16. The summed E-state index contributed by atoms with van der Waals surface area (Å²) in [5.74, 6) is -1.29. The standard InChI is InChI=1S/C19H14ClFN2O4S/c1-27-15-7-6-12(9-13(15)20)22-17(24)10-23-18(25)16(28-19(23)26)8-11-4-2-3-5-14(11)21/h2-9H,10H2,1H3,(H,22,24)/b16-8+. The molecule has 6 nitrogen and oxygen atoms in total. The SMILES string of the molecule is COc1ccc(NC(=O)CN2C(=O)S/C(=C/c3ccccc3F)C2=O)cc1Cl. The van der Waals surface area contributed by atoms with Crippen LogP contribution in [0.5, 0.6) is 5.75 Å². The van der Waals surface area contributed by atoms with Gasteiger partial charge in [-0.15, -0.1) is 0 Å². The summed E-state index contributed by atoms with van der Waals surface area (Å²) in [6.45, 7) is -0.469. The molecule has 28 heavy (non-hydrogen) atoms.